The molecule has 0 fully saturated rings. The topological polar surface area (TPSA) is 53.9 Å². The van der Waals surface area contributed by atoms with Crippen LogP contribution in [0, 0.1) is 13.8 Å². The van der Waals surface area contributed by atoms with Crippen molar-refractivity contribution in [2.45, 2.75) is 33.6 Å². The summed E-state index contributed by atoms with van der Waals surface area (Å²) >= 11 is 0. The fourth-order valence-electron chi connectivity index (χ4n) is 3.08. The maximum atomic E-state index is 4.75. The zero-order valence-electron chi connectivity index (χ0n) is 16.5. The fourth-order valence-corrected chi connectivity index (χ4v) is 3.08. The Bertz CT molecular complexity index is 892. The van der Waals surface area contributed by atoms with E-state index in [2.05, 4.69) is 71.4 Å². The van der Waals surface area contributed by atoms with Crippen molar-refractivity contribution in [3.63, 3.8) is 0 Å². The van der Waals surface area contributed by atoms with Crippen LogP contribution in [0.25, 0.3) is 0 Å². The summed E-state index contributed by atoms with van der Waals surface area (Å²) < 4.78 is 0. The summed E-state index contributed by atoms with van der Waals surface area (Å²) in [6.07, 6.45) is 5.58. The summed E-state index contributed by atoms with van der Waals surface area (Å²) in [5.74, 6) is 1.57. The van der Waals surface area contributed by atoms with E-state index < -0.39 is 0 Å². The molecule has 0 bridgehead atoms. The van der Waals surface area contributed by atoms with Crippen LogP contribution in [0.3, 0.4) is 0 Å². The summed E-state index contributed by atoms with van der Waals surface area (Å²) in [6, 6.07) is 12.5. The average Bonchev–Trinajstić information content (AvgIpc) is 2.68. The van der Waals surface area contributed by atoms with Crippen LogP contribution in [0.1, 0.15) is 29.3 Å². The van der Waals surface area contributed by atoms with Crippen LogP contribution in [0.15, 0.2) is 48.8 Å². The monoisotopic (exact) mass is 361 g/mol. The molecule has 0 radical (unpaired) electrons. The number of nitrogens with zero attached hydrogens (tertiary/aromatic N) is 4. The van der Waals surface area contributed by atoms with Crippen molar-refractivity contribution >= 4 is 17.5 Å². The number of nitrogens with one attached hydrogen (secondary N) is 1. The van der Waals surface area contributed by atoms with Crippen molar-refractivity contribution in [3.05, 3.63) is 71.2 Å². The Labute approximate surface area is 161 Å². The van der Waals surface area contributed by atoms with Gasteiger partial charge in [-0.05, 0) is 55.5 Å². The van der Waals surface area contributed by atoms with E-state index in [1.54, 1.807) is 0 Å². The van der Waals surface area contributed by atoms with Gasteiger partial charge < -0.3 is 10.2 Å². The second kappa shape index (κ2) is 8.62. The van der Waals surface area contributed by atoms with Crippen LogP contribution in [0.5, 0.6) is 0 Å². The predicted molar refractivity (Wildman–Crippen MR) is 112 cm³/mol. The van der Waals surface area contributed by atoms with Gasteiger partial charge in [0, 0.05) is 43.4 Å². The quantitative estimate of drug-likeness (QED) is 0.673. The largest absolute Gasteiger partial charge is 0.359 e. The minimum atomic E-state index is 0.643. The molecule has 0 amide bonds. The lowest BCUT2D eigenvalue weighted by molar-refractivity contribution is 0.853. The molecular formula is C22H27N5. The molecule has 2 heterocycles. The van der Waals surface area contributed by atoms with Gasteiger partial charge in [-0.3, -0.25) is 4.98 Å². The first-order chi connectivity index (χ1) is 13.1. The third kappa shape index (κ3) is 4.82. The lowest BCUT2D eigenvalue weighted by Gasteiger charge is -2.20. The second-order valence-corrected chi connectivity index (χ2v) is 6.81. The van der Waals surface area contributed by atoms with Crippen molar-refractivity contribution < 1.29 is 0 Å². The van der Waals surface area contributed by atoms with Gasteiger partial charge in [-0.15, -0.1) is 0 Å². The van der Waals surface area contributed by atoms with Gasteiger partial charge in [0.1, 0.15) is 5.82 Å². The number of rotatable bonds is 7. The lowest BCUT2D eigenvalue weighted by Crippen LogP contribution is -2.22. The highest BCUT2D eigenvalue weighted by atomic mass is 15.2. The van der Waals surface area contributed by atoms with Gasteiger partial charge >= 0.3 is 0 Å². The number of benzene rings is 1. The average molecular weight is 361 g/mol. The first kappa shape index (κ1) is 18.8. The van der Waals surface area contributed by atoms with Gasteiger partial charge in [-0.2, -0.15) is 4.98 Å². The molecule has 27 heavy (non-hydrogen) atoms. The summed E-state index contributed by atoms with van der Waals surface area (Å²) in [5.41, 5.74) is 5.80. The second-order valence-electron chi connectivity index (χ2n) is 6.81. The van der Waals surface area contributed by atoms with Crippen LogP contribution in [0.2, 0.25) is 0 Å². The number of para-hydroxylation sites is 1. The molecule has 5 nitrogen and oxygen atoms in total. The molecule has 3 aromatic rings. The molecule has 0 aliphatic rings. The zero-order chi connectivity index (χ0) is 19.2. The normalized spacial score (nSPS) is 10.7. The van der Waals surface area contributed by atoms with E-state index in [-0.39, 0.29) is 0 Å². The van der Waals surface area contributed by atoms with Crippen LogP contribution >= 0.6 is 0 Å². The van der Waals surface area contributed by atoms with E-state index in [0.717, 1.165) is 36.6 Å². The summed E-state index contributed by atoms with van der Waals surface area (Å²) in [4.78, 5) is 15.6. The summed E-state index contributed by atoms with van der Waals surface area (Å²) in [5, 5.41) is 3.44. The van der Waals surface area contributed by atoms with E-state index in [1.165, 1.54) is 16.7 Å². The Morgan fingerprint density at radius 1 is 1.04 bits per heavy atom. The van der Waals surface area contributed by atoms with Crippen molar-refractivity contribution in [1.82, 2.24) is 15.0 Å². The van der Waals surface area contributed by atoms with Crippen molar-refractivity contribution in [3.8, 4) is 0 Å². The minimum absolute atomic E-state index is 0.643. The van der Waals surface area contributed by atoms with E-state index in [1.807, 2.05) is 25.4 Å². The molecule has 140 valence electrons. The molecule has 3 rings (SSSR count). The van der Waals surface area contributed by atoms with Gasteiger partial charge in [0.2, 0.25) is 5.95 Å². The van der Waals surface area contributed by atoms with Crippen LogP contribution in [-0.4, -0.2) is 28.5 Å². The molecule has 0 aliphatic heterocycles. The molecule has 0 saturated carbocycles. The standard InChI is InChI=1S/C22H27N5/c1-5-19-8-6-7-16(2)21(19)26-22-24-17(3)15-20(25-22)27(4)14-11-18-9-12-23-13-10-18/h6-10,12-13,15H,5,11,14H2,1-4H3,(H,24,25,26). The number of pyridine rings is 1. The van der Waals surface area contributed by atoms with Gasteiger partial charge in [0.15, 0.2) is 0 Å². The Kier molecular flexibility index (Phi) is 6.01. The highest BCUT2D eigenvalue weighted by Crippen LogP contribution is 2.25. The van der Waals surface area contributed by atoms with E-state index in [9.17, 15) is 0 Å². The number of anilines is 3. The lowest BCUT2D eigenvalue weighted by atomic mass is 10.1. The SMILES string of the molecule is CCc1cccc(C)c1Nc1nc(C)cc(N(C)CCc2ccncc2)n1. The number of hydrogen-bond acceptors (Lipinski definition) is 5. The van der Waals surface area contributed by atoms with E-state index in [4.69, 9.17) is 4.98 Å². The van der Waals surface area contributed by atoms with Gasteiger partial charge in [-0.25, -0.2) is 4.98 Å². The van der Waals surface area contributed by atoms with E-state index >= 15 is 0 Å². The van der Waals surface area contributed by atoms with Crippen molar-refractivity contribution in [2.24, 2.45) is 0 Å². The zero-order valence-corrected chi connectivity index (χ0v) is 16.5. The molecule has 0 spiro atoms. The first-order valence-electron chi connectivity index (χ1n) is 9.38. The van der Waals surface area contributed by atoms with Crippen molar-refractivity contribution in [2.75, 3.05) is 23.8 Å². The maximum Gasteiger partial charge on any atom is 0.229 e. The molecule has 0 aliphatic carbocycles. The molecule has 0 saturated heterocycles. The molecule has 0 unspecified atom stereocenters. The van der Waals surface area contributed by atoms with Crippen LogP contribution in [0.4, 0.5) is 17.5 Å². The highest BCUT2D eigenvalue weighted by molar-refractivity contribution is 5.64. The Balaban J connectivity index is 1.78. The third-order valence-corrected chi connectivity index (χ3v) is 4.69. The minimum Gasteiger partial charge on any atom is -0.359 e. The molecule has 5 heteroatoms. The Hall–Kier alpha value is -2.95. The third-order valence-electron chi connectivity index (χ3n) is 4.69. The maximum absolute atomic E-state index is 4.75. The molecule has 2 aromatic heterocycles. The number of hydrogen-bond donors (Lipinski definition) is 1. The number of aromatic nitrogens is 3. The highest BCUT2D eigenvalue weighted by Gasteiger charge is 2.10. The van der Waals surface area contributed by atoms with Crippen LogP contribution in [-0.2, 0) is 12.8 Å². The summed E-state index contributed by atoms with van der Waals surface area (Å²) in [7, 11) is 2.07. The predicted octanol–water partition coefficient (Wildman–Crippen LogP) is 4.47. The molecule has 0 atom stereocenters. The summed E-state index contributed by atoms with van der Waals surface area (Å²) in [6.45, 7) is 7.16. The van der Waals surface area contributed by atoms with Gasteiger partial charge in [-0.1, -0.05) is 25.1 Å². The number of likely N-dealkylation sites (N-methyl/N-ethyl adjacent to an activating group) is 1. The smallest absolute Gasteiger partial charge is 0.229 e. The Morgan fingerprint density at radius 3 is 2.56 bits per heavy atom. The fraction of sp³-hybridized carbons (Fsp3) is 0.318. The number of aryl methyl sites for hydroxylation is 3. The molecule has 1 aromatic carbocycles. The van der Waals surface area contributed by atoms with E-state index in [0.29, 0.717) is 5.95 Å². The van der Waals surface area contributed by atoms with Gasteiger partial charge in [0.25, 0.3) is 0 Å². The van der Waals surface area contributed by atoms with Crippen LogP contribution < -0.4 is 10.2 Å². The first-order valence-corrected chi connectivity index (χ1v) is 9.38. The molecular weight excluding hydrogens is 334 g/mol. The van der Waals surface area contributed by atoms with Crippen molar-refractivity contribution in [1.29, 1.82) is 0 Å². The molecule has 1 N–H and O–H groups in total. The van der Waals surface area contributed by atoms with Gasteiger partial charge in [0.05, 0.1) is 0 Å². The Morgan fingerprint density at radius 2 is 1.81 bits per heavy atom.